The summed E-state index contributed by atoms with van der Waals surface area (Å²) in [5.74, 6) is -0.187. The fourth-order valence-electron chi connectivity index (χ4n) is 2.34. The number of halogens is 1. The minimum Gasteiger partial charge on any atom is -0.354 e. The number of anilines is 2. The fraction of sp³-hybridized carbons (Fsp3) is 0.105. The number of hydrogen-bond donors (Lipinski definition) is 2. The second-order valence-corrected chi connectivity index (χ2v) is 6.03. The fourth-order valence-corrected chi connectivity index (χ4v) is 2.57. The summed E-state index contributed by atoms with van der Waals surface area (Å²) in [4.78, 5) is 20.5. The van der Waals surface area contributed by atoms with Gasteiger partial charge in [0.2, 0.25) is 0 Å². The molecule has 2 aromatic heterocycles. The average Bonchev–Trinajstić information content (AvgIpc) is 2.63. The zero-order chi connectivity index (χ0) is 17.6. The summed E-state index contributed by atoms with van der Waals surface area (Å²) < 4.78 is 0. The van der Waals surface area contributed by atoms with Crippen molar-refractivity contribution in [3.63, 3.8) is 0 Å². The lowest BCUT2D eigenvalue weighted by atomic mass is 10.2. The molecule has 0 aliphatic rings. The van der Waals surface area contributed by atoms with Crippen LogP contribution in [0, 0.1) is 6.92 Å². The average molecular weight is 353 g/mol. The van der Waals surface area contributed by atoms with Gasteiger partial charge >= 0.3 is 0 Å². The van der Waals surface area contributed by atoms with E-state index in [4.69, 9.17) is 11.6 Å². The second-order valence-electron chi connectivity index (χ2n) is 5.59. The largest absolute Gasteiger partial charge is 0.354 e. The third-order valence-corrected chi connectivity index (χ3v) is 3.88. The summed E-state index contributed by atoms with van der Waals surface area (Å²) in [6, 6.07) is 11.1. The van der Waals surface area contributed by atoms with Crippen molar-refractivity contribution in [2.24, 2.45) is 0 Å². The summed E-state index contributed by atoms with van der Waals surface area (Å²) in [7, 11) is 0. The quantitative estimate of drug-likeness (QED) is 0.725. The lowest BCUT2D eigenvalue weighted by Gasteiger charge is -2.11. The maximum atomic E-state index is 12.3. The van der Waals surface area contributed by atoms with Crippen molar-refractivity contribution < 1.29 is 4.79 Å². The molecule has 0 aliphatic heterocycles. The molecule has 6 heteroatoms. The SMILES string of the molecule is Cc1cc(Cl)ccc1Nc1cncc(C(=O)NCc2cccnc2)c1. The van der Waals surface area contributed by atoms with Gasteiger partial charge < -0.3 is 10.6 Å². The van der Waals surface area contributed by atoms with Crippen molar-refractivity contribution in [1.29, 1.82) is 0 Å². The number of nitrogens with one attached hydrogen (secondary N) is 2. The molecule has 2 heterocycles. The monoisotopic (exact) mass is 352 g/mol. The van der Waals surface area contributed by atoms with E-state index in [9.17, 15) is 4.79 Å². The van der Waals surface area contributed by atoms with Crippen LogP contribution in [0.4, 0.5) is 11.4 Å². The normalized spacial score (nSPS) is 10.3. The Hall–Kier alpha value is -2.92. The van der Waals surface area contributed by atoms with Crippen LogP contribution in [-0.4, -0.2) is 15.9 Å². The van der Waals surface area contributed by atoms with E-state index in [1.807, 2.05) is 37.3 Å². The van der Waals surface area contributed by atoms with Gasteiger partial charge in [-0.05, 0) is 48.4 Å². The highest BCUT2D eigenvalue weighted by atomic mass is 35.5. The van der Waals surface area contributed by atoms with E-state index in [1.165, 1.54) is 0 Å². The van der Waals surface area contributed by atoms with Crippen LogP contribution in [0.15, 0.2) is 61.2 Å². The predicted molar refractivity (Wildman–Crippen MR) is 99.1 cm³/mol. The number of carbonyl (C=O) groups excluding carboxylic acids is 1. The molecular weight excluding hydrogens is 336 g/mol. The Morgan fingerprint density at radius 1 is 1.12 bits per heavy atom. The molecule has 2 N–H and O–H groups in total. The molecule has 126 valence electrons. The Bertz CT molecular complexity index is 884. The van der Waals surface area contributed by atoms with E-state index in [0.717, 1.165) is 22.5 Å². The van der Waals surface area contributed by atoms with Crippen LogP contribution < -0.4 is 10.6 Å². The van der Waals surface area contributed by atoms with Crippen LogP contribution >= 0.6 is 11.6 Å². The van der Waals surface area contributed by atoms with Gasteiger partial charge in [-0.25, -0.2) is 0 Å². The van der Waals surface area contributed by atoms with Crippen LogP contribution in [0.3, 0.4) is 0 Å². The number of aromatic nitrogens is 2. The Morgan fingerprint density at radius 3 is 2.76 bits per heavy atom. The molecule has 0 radical (unpaired) electrons. The molecule has 1 aromatic carbocycles. The highest BCUT2D eigenvalue weighted by Crippen LogP contribution is 2.23. The Labute approximate surface area is 151 Å². The van der Waals surface area contributed by atoms with Gasteiger partial charge in [-0.15, -0.1) is 0 Å². The number of benzene rings is 1. The summed E-state index contributed by atoms with van der Waals surface area (Å²) >= 11 is 5.97. The number of hydrogen-bond acceptors (Lipinski definition) is 4. The maximum Gasteiger partial charge on any atom is 0.253 e. The van der Waals surface area contributed by atoms with Crippen LogP contribution in [-0.2, 0) is 6.54 Å². The molecule has 0 fully saturated rings. The number of nitrogens with zero attached hydrogens (tertiary/aromatic N) is 2. The standard InChI is InChI=1S/C19H17ClN4O/c1-13-7-16(20)4-5-18(13)24-17-8-15(11-22-12-17)19(25)23-10-14-3-2-6-21-9-14/h2-9,11-12,24H,10H2,1H3,(H,23,25). The lowest BCUT2D eigenvalue weighted by Crippen LogP contribution is -2.23. The lowest BCUT2D eigenvalue weighted by molar-refractivity contribution is 0.0950. The van der Waals surface area contributed by atoms with Gasteiger partial charge in [0, 0.05) is 35.8 Å². The number of amides is 1. The molecule has 3 aromatic rings. The minimum absolute atomic E-state index is 0.187. The van der Waals surface area contributed by atoms with Crippen molar-refractivity contribution in [3.8, 4) is 0 Å². The van der Waals surface area contributed by atoms with Crippen molar-refractivity contribution in [2.75, 3.05) is 5.32 Å². The molecule has 3 rings (SSSR count). The van der Waals surface area contributed by atoms with Gasteiger partial charge in [-0.1, -0.05) is 17.7 Å². The Balaban J connectivity index is 1.69. The molecule has 0 atom stereocenters. The third-order valence-electron chi connectivity index (χ3n) is 3.64. The molecule has 0 unspecified atom stereocenters. The third kappa shape index (κ3) is 4.55. The molecular formula is C19H17ClN4O. The summed E-state index contributed by atoms with van der Waals surface area (Å²) in [5.41, 5.74) is 4.09. The number of aryl methyl sites for hydroxylation is 1. The molecule has 25 heavy (non-hydrogen) atoms. The first-order valence-electron chi connectivity index (χ1n) is 7.77. The van der Waals surface area contributed by atoms with Crippen LogP contribution in [0.2, 0.25) is 5.02 Å². The zero-order valence-electron chi connectivity index (χ0n) is 13.7. The van der Waals surface area contributed by atoms with Gasteiger partial charge in [0.05, 0.1) is 17.4 Å². The van der Waals surface area contributed by atoms with Crippen molar-refractivity contribution in [1.82, 2.24) is 15.3 Å². The smallest absolute Gasteiger partial charge is 0.253 e. The second kappa shape index (κ2) is 7.77. The van der Waals surface area contributed by atoms with Crippen LogP contribution in [0.5, 0.6) is 0 Å². The molecule has 0 bridgehead atoms. The number of rotatable bonds is 5. The predicted octanol–water partition coefficient (Wildman–Crippen LogP) is 4.11. The van der Waals surface area contributed by atoms with Gasteiger partial charge in [-0.2, -0.15) is 0 Å². The highest BCUT2D eigenvalue weighted by Gasteiger charge is 2.08. The highest BCUT2D eigenvalue weighted by molar-refractivity contribution is 6.30. The van der Waals surface area contributed by atoms with Gasteiger partial charge in [0.25, 0.3) is 5.91 Å². The maximum absolute atomic E-state index is 12.3. The van der Waals surface area contributed by atoms with E-state index >= 15 is 0 Å². The van der Waals surface area contributed by atoms with Gasteiger partial charge in [0.15, 0.2) is 0 Å². The van der Waals surface area contributed by atoms with Gasteiger partial charge in [0.1, 0.15) is 0 Å². The van der Waals surface area contributed by atoms with Crippen LogP contribution in [0.1, 0.15) is 21.5 Å². The van der Waals surface area contributed by atoms with Gasteiger partial charge in [-0.3, -0.25) is 14.8 Å². The summed E-state index contributed by atoms with van der Waals surface area (Å²) in [5, 5.41) is 6.80. The Kier molecular flexibility index (Phi) is 5.26. The summed E-state index contributed by atoms with van der Waals surface area (Å²) in [6.45, 7) is 2.38. The molecule has 0 aliphatic carbocycles. The van der Waals surface area contributed by atoms with E-state index in [-0.39, 0.29) is 5.91 Å². The van der Waals surface area contributed by atoms with E-state index < -0.39 is 0 Å². The first kappa shape index (κ1) is 16.9. The molecule has 1 amide bonds. The summed E-state index contributed by atoms with van der Waals surface area (Å²) in [6.07, 6.45) is 6.63. The van der Waals surface area contributed by atoms with Crippen molar-refractivity contribution in [3.05, 3.63) is 82.9 Å². The molecule has 0 saturated heterocycles. The van der Waals surface area contributed by atoms with E-state index in [0.29, 0.717) is 17.1 Å². The Morgan fingerprint density at radius 2 is 2.00 bits per heavy atom. The molecule has 5 nitrogen and oxygen atoms in total. The van der Waals surface area contributed by atoms with Crippen LogP contribution in [0.25, 0.3) is 0 Å². The molecule has 0 spiro atoms. The van der Waals surface area contributed by atoms with Crippen molar-refractivity contribution in [2.45, 2.75) is 13.5 Å². The number of pyridine rings is 2. The van der Waals surface area contributed by atoms with E-state index in [2.05, 4.69) is 20.6 Å². The minimum atomic E-state index is -0.187. The number of carbonyl (C=O) groups is 1. The van der Waals surface area contributed by atoms with E-state index in [1.54, 1.807) is 30.9 Å². The zero-order valence-corrected chi connectivity index (χ0v) is 14.4. The first-order valence-corrected chi connectivity index (χ1v) is 8.15. The molecule has 0 saturated carbocycles. The van der Waals surface area contributed by atoms with Crippen molar-refractivity contribution >= 4 is 28.9 Å². The topological polar surface area (TPSA) is 66.9 Å². The first-order chi connectivity index (χ1) is 12.1.